The van der Waals surface area contributed by atoms with Gasteiger partial charge in [0.15, 0.2) is 0 Å². The van der Waals surface area contributed by atoms with Crippen molar-refractivity contribution >= 4 is 11.8 Å². The summed E-state index contributed by atoms with van der Waals surface area (Å²) in [6, 6.07) is 15.9. The van der Waals surface area contributed by atoms with Crippen LogP contribution in [0.1, 0.15) is 5.56 Å². The van der Waals surface area contributed by atoms with Crippen LogP contribution in [0.4, 0.5) is 0 Å². The Labute approximate surface area is 121 Å². The van der Waals surface area contributed by atoms with Gasteiger partial charge in [-0.3, -0.25) is 0 Å². The molecule has 100 valence electrons. The number of rotatable bonds is 3. The first kappa shape index (κ1) is 12.8. The van der Waals surface area contributed by atoms with Gasteiger partial charge < -0.3 is 5.73 Å². The molecular formula is C14H12ClN5. The third kappa shape index (κ3) is 2.17. The van der Waals surface area contributed by atoms with Gasteiger partial charge in [0, 0.05) is 23.9 Å². The molecule has 0 spiro atoms. The van der Waals surface area contributed by atoms with Gasteiger partial charge in [0.2, 0.25) is 5.82 Å². The molecule has 3 rings (SSSR count). The Bertz CT molecular complexity index is 723. The maximum atomic E-state index is 6.00. The lowest BCUT2D eigenvalue weighted by Crippen LogP contribution is -2.02. The zero-order valence-corrected chi connectivity index (χ0v) is 11.3. The molecule has 1 heterocycles. The molecule has 20 heavy (non-hydrogen) atoms. The summed E-state index contributed by atoms with van der Waals surface area (Å²) in [6.07, 6.45) is 0. The predicted molar refractivity (Wildman–Crippen MR) is 77.8 cm³/mol. The molecule has 0 saturated carbocycles. The summed E-state index contributed by atoms with van der Waals surface area (Å²) in [6.45, 7) is 0.389. The van der Waals surface area contributed by atoms with E-state index in [1.165, 1.54) is 0 Å². The maximum absolute atomic E-state index is 6.00. The molecule has 1 aromatic heterocycles. The highest BCUT2D eigenvalue weighted by Crippen LogP contribution is 2.33. The fourth-order valence-electron chi connectivity index (χ4n) is 2.21. The Balaban J connectivity index is 2.29. The van der Waals surface area contributed by atoms with Crippen LogP contribution in [0.5, 0.6) is 0 Å². The SMILES string of the molecule is NCc1cccc(-c2ccccc2)c1-c1nnnn1Cl. The first-order chi connectivity index (χ1) is 9.81. The summed E-state index contributed by atoms with van der Waals surface area (Å²) in [4.78, 5) is 0. The molecule has 6 heteroatoms. The number of nitrogens with two attached hydrogens (primary N) is 1. The highest BCUT2D eigenvalue weighted by atomic mass is 35.5. The molecule has 3 aromatic rings. The molecule has 0 unspecified atom stereocenters. The Morgan fingerprint density at radius 3 is 2.50 bits per heavy atom. The van der Waals surface area contributed by atoms with Crippen LogP contribution in [-0.4, -0.2) is 19.7 Å². The maximum Gasteiger partial charge on any atom is 0.200 e. The summed E-state index contributed by atoms with van der Waals surface area (Å²) >= 11 is 6.00. The van der Waals surface area contributed by atoms with Gasteiger partial charge in [-0.25, -0.2) is 0 Å². The van der Waals surface area contributed by atoms with Gasteiger partial charge >= 0.3 is 0 Å². The Morgan fingerprint density at radius 1 is 1.05 bits per heavy atom. The minimum absolute atomic E-state index is 0.389. The van der Waals surface area contributed by atoms with Gasteiger partial charge in [-0.05, 0) is 27.1 Å². The van der Waals surface area contributed by atoms with E-state index in [-0.39, 0.29) is 0 Å². The third-order valence-electron chi connectivity index (χ3n) is 3.11. The van der Waals surface area contributed by atoms with E-state index in [1.54, 1.807) is 0 Å². The van der Waals surface area contributed by atoms with Crippen molar-refractivity contribution in [1.82, 2.24) is 19.7 Å². The van der Waals surface area contributed by atoms with Crippen LogP contribution in [0.25, 0.3) is 22.5 Å². The van der Waals surface area contributed by atoms with Gasteiger partial charge in [-0.1, -0.05) is 48.5 Å². The summed E-state index contributed by atoms with van der Waals surface area (Å²) in [5.74, 6) is 0.492. The molecule has 0 saturated heterocycles. The Kier molecular flexibility index (Phi) is 3.45. The number of benzene rings is 2. The van der Waals surface area contributed by atoms with E-state index in [4.69, 9.17) is 17.5 Å². The van der Waals surface area contributed by atoms with Crippen molar-refractivity contribution in [3.05, 3.63) is 54.1 Å². The predicted octanol–water partition coefficient (Wildman–Crippen LogP) is 2.47. The first-order valence-corrected chi connectivity index (χ1v) is 6.47. The molecule has 0 atom stereocenters. The fraction of sp³-hybridized carbons (Fsp3) is 0.0714. The second-order valence-corrected chi connectivity index (χ2v) is 4.59. The summed E-state index contributed by atoms with van der Waals surface area (Å²) in [5.41, 5.74) is 9.71. The molecule has 0 aliphatic rings. The lowest BCUT2D eigenvalue weighted by Gasteiger charge is -2.12. The molecule has 0 aliphatic carbocycles. The van der Waals surface area contributed by atoms with Gasteiger partial charge in [-0.15, -0.1) is 9.30 Å². The normalized spacial score (nSPS) is 10.7. The summed E-state index contributed by atoms with van der Waals surface area (Å²) in [7, 11) is 0. The molecular weight excluding hydrogens is 274 g/mol. The van der Waals surface area contributed by atoms with E-state index < -0.39 is 0 Å². The number of aromatic nitrogens is 4. The van der Waals surface area contributed by atoms with Gasteiger partial charge in [0.05, 0.1) is 0 Å². The van der Waals surface area contributed by atoms with Gasteiger partial charge in [0.25, 0.3) is 0 Å². The Morgan fingerprint density at radius 2 is 1.85 bits per heavy atom. The number of tetrazole rings is 1. The van der Waals surface area contributed by atoms with E-state index in [2.05, 4.69) is 15.5 Å². The summed E-state index contributed by atoms with van der Waals surface area (Å²) < 4.78 is 1.14. The zero-order valence-electron chi connectivity index (χ0n) is 10.6. The summed E-state index contributed by atoms with van der Waals surface area (Å²) in [5, 5.41) is 11.3. The second kappa shape index (κ2) is 5.40. The van der Waals surface area contributed by atoms with E-state index in [0.29, 0.717) is 12.4 Å². The van der Waals surface area contributed by atoms with Crippen LogP contribution in [0.15, 0.2) is 48.5 Å². The minimum Gasteiger partial charge on any atom is -0.326 e. The van der Waals surface area contributed by atoms with Crippen molar-refractivity contribution in [2.45, 2.75) is 6.54 Å². The molecule has 0 fully saturated rings. The van der Waals surface area contributed by atoms with Gasteiger partial charge in [-0.2, -0.15) is 0 Å². The molecule has 2 N–H and O–H groups in total. The first-order valence-electron chi connectivity index (χ1n) is 6.13. The lowest BCUT2D eigenvalue weighted by atomic mass is 9.95. The minimum atomic E-state index is 0.389. The zero-order chi connectivity index (χ0) is 13.9. The molecule has 0 bridgehead atoms. The molecule has 0 aliphatic heterocycles. The Hall–Kier alpha value is -2.24. The van der Waals surface area contributed by atoms with Crippen LogP contribution in [0.2, 0.25) is 0 Å². The van der Waals surface area contributed by atoms with Crippen molar-refractivity contribution in [1.29, 1.82) is 0 Å². The van der Waals surface area contributed by atoms with Crippen LogP contribution in [0, 0.1) is 0 Å². The molecule has 0 radical (unpaired) electrons. The van der Waals surface area contributed by atoms with E-state index in [1.807, 2.05) is 48.5 Å². The number of halogens is 1. The van der Waals surface area contributed by atoms with Crippen LogP contribution in [0.3, 0.4) is 0 Å². The van der Waals surface area contributed by atoms with Crippen LogP contribution >= 0.6 is 11.8 Å². The van der Waals surface area contributed by atoms with Crippen molar-refractivity contribution in [2.24, 2.45) is 5.73 Å². The smallest absolute Gasteiger partial charge is 0.200 e. The quantitative estimate of drug-likeness (QED) is 0.802. The van der Waals surface area contributed by atoms with Crippen molar-refractivity contribution in [3.8, 4) is 22.5 Å². The fourth-order valence-corrected chi connectivity index (χ4v) is 2.36. The standard InChI is InChI=1S/C14H12ClN5/c15-20-14(17-18-19-20)13-11(9-16)7-4-8-12(13)10-5-2-1-3-6-10/h1-8H,9,16H2. The van der Waals surface area contributed by atoms with E-state index in [9.17, 15) is 0 Å². The second-order valence-electron chi connectivity index (χ2n) is 4.27. The van der Waals surface area contributed by atoms with Crippen molar-refractivity contribution in [3.63, 3.8) is 0 Å². The highest BCUT2D eigenvalue weighted by molar-refractivity contribution is 6.16. The largest absolute Gasteiger partial charge is 0.326 e. The van der Waals surface area contributed by atoms with E-state index in [0.717, 1.165) is 26.5 Å². The molecule has 5 nitrogen and oxygen atoms in total. The number of hydrogen-bond acceptors (Lipinski definition) is 4. The lowest BCUT2D eigenvalue weighted by molar-refractivity contribution is 0.846. The number of nitrogens with zero attached hydrogens (tertiary/aromatic N) is 4. The van der Waals surface area contributed by atoms with Crippen molar-refractivity contribution < 1.29 is 0 Å². The topological polar surface area (TPSA) is 69.6 Å². The molecule has 2 aromatic carbocycles. The van der Waals surface area contributed by atoms with Crippen LogP contribution in [-0.2, 0) is 6.54 Å². The highest BCUT2D eigenvalue weighted by Gasteiger charge is 2.17. The average molecular weight is 286 g/mol. The van der Waals surface area contributed by atoms with Gasteiger partial charge in [0.1, 0.15) is 0 Å². The molecule has 0 amide bonds. The van der Waals surface area contributed by atoms with Crippen LogP contribution < -0.4 is 5.73 Å². The average Bonchev–Trinajstić information content (AvgIpc) is 2.93. The van der Waals surface area contributed by atoms with E-state index >= 15 is 0 Å². The third-order valence-corrected chi connectivity index (χ3v) is 3.34. The number of hydrogen-bond donors (Lipinski definition) is 1. The van der Waals surface area contributed by atoms with Crippen molar-refractivity contribution in [2.75, 3.05) is 0 Å². The monoisotopic (exact) mass is 285 g/mol.